The highest BCUT2D eigenvalue weighted by atomic mass is 35.5. The first-order valence-electron chi connectivity index (χ1n) is 11.5. The molecule has 0 unspecified atom stereocenters. The number of benzene rings is 1. The number of hydrogen-bond donors (Lipinski definition) is 3. The number of carbonyl (C=O) groups is 1. The monoisotopic (exact) mass is 484 g/mol. The molecular formula is C23H25ClN6O4. The summed E-state index contributed by atoms with van der Waals surface area (Å²) < 4.78 is 17.2. The number of nitrogens with one attached hydrogen (secondary N) is 3. The van der Waals surface area contributed by atoms with Crippen LogP contribution in [0, 0.1) is 0 Å². The van der Waals surface area contributed by atoms with E-state index in [1.165, 1.54) is 6.42 Å². The van der Waals surface area contributed by atoms with Crippen molar-refractivity contribution in [2.24, 2.45) is 0 Å². The molecule has 1 aromatic carbocycles. The molecule has 1 amide bonds. The lowest BCUT2D eigenvalue weighted by Crippen LogP contribution is -2.41. The average Bonchev–Trinajstić information content (AvgIpc) is 3.22. The van der Waals surface area contributed by atoms with Gasteiger partial charge in [-0.25, -0.2) is 0 Å². The number of aromatic nitrogens is 3. The average molecular weight is 485 g/mol. The second-order valence-electron chi connectivity index (χ2n) is 8.57. The second-order valence-corrected chi connectivity index (χ2v) is 8.98. The van der Waals surface area contributed by atoms with Crippen LogP contribution < -0.4 is 20.1 Å². The molecule has 6 rings (SSSR count). The molecule has 4 heterocycles. The van der Waals surface area contributed by atoms with Crippen LogP contribution in [0.5, 0.6) is 11.5 Å². The van der Waals surface area contributed by atoms with Crippen molar-refractivity contribution in [2.45, 2.75) is 25.3 Å². The van der Waals surface area contributed by atoms with Gasteiger partial charge in [-0.1, -0.05) is 11.6 Å². The molecule has 11 heteroatoms. The largest absolute Gasteiger partial charge is 0.485 e. The van der Waals surface area contributed by atoms with Crippen LogP contribution >= 0.6 is 11.6 Å². The second kappa shape index (κ2) is 8.84. The third kappa shape index (κ3) is 3.86. The number of H-pyrrole nitrogens is 1. The lowest BCUT2D eigenvalue weighted by molar-refractivity contribution is 0.0298. The zero-order chi connectivity index (χ0) is 23.1. The molecular weight excluding hydrogens is 460 g/mol. The van der Waals surface area contributed by atoms with Gasteiger partial charge >= 0.3 is 0 Å². The number of nitrogens with zero attached hydrogens (tertiary/aromatic N) is 3. The predicted octanol–water partition coefficient (Wildman–Crippen LogP) is 3.56. The molecule has 1 saturated heterocycles. The van der Waals surface area contributed by atoms with E-state index in [9.17, 15) is 4.79 Å². The van der Waals surface area contributed by atoms with E-state index in [0.29, 0.717) is 90.7 Å². The van der Waals surface area contributed by atoms with E-state index < -0.39 is 0 Å². The number of ether oxygens (including phenoxy) is 3. The van der Waals surface area contributed by atoms with Crippen molar-refractivity contribution in [3.63, 3.8) is 0 Å². The Bertz CT molecular complexity index is 1240. The Labute approximate surface area is 200 Å². The Morgan fingerprint density at radius 2 is 1.88 bits per heavy atom. The van der Waals surface area contributed by atoms with Gasteiger partial charge in [-0.15, -0.1) is 0 Å². The lowest BCUT2D eigenvalue weighted by Gasteiger charge is -2.29. The molecule has 0 radical (unpaired) electrons. The van der Waals surface area contributed by atoms with E-state index in [2.05, 4.69) is 20.6 Å². The Morgan fingerprint density at radius 3 is 2.65 bits per heavy atom. The van der Waals surface area contributed by atoms with Gasteiger partial charge in [0.15, 0.2) is 11.5 Å². The zero-order valence-corrected chi connectivity index (χ0v) is 19.3. The van der Waals surface area contributed by atoms with Crippen molar-refractivity contribution in [2.75, 3.05) is 50.2 Å². The van der Waals surface area contributed by atoms with Gasteiger partial charge in [0.1, 0.15) is 24.7 Å². The smallest absolute Gasteiger partial charge is 0.257 e. The number of amides is 1. The van der Waals surface area contributed by atoms with Crippen molar-refractivity contribution in [1.29, 1.82) is 0 Å². The number of hydrogen-bond acceptors (Lipinski definition) is 8. The van der Waals surface area contributed by atoms with E-state index in [1.807, 2.05) is 0 Å². The molecule has 3 aromatic rings. The molecule has 10 nitrogen and oxygen atoms in total. The van der Waals surface area contributed by atoms with Crippen LogP contribution in [-0.2, 0) is 4.74 Å². The SMILES string of the molecule is O=C(c1ccc(Nc2nc(NC3CCC3)c3c(Cl)c[nH]c3n2)c2c1OCCO2)N1CCOCC1. The maximum Gasteiger partial charge on any atom is 0.257 e. The Balaban J connectivity index is 1.34. The summed E-state index contributed by atoms with van der Waals surface area (Å²) in [6.45, 7) is 2.93. The summed E-state index contributed by atoms with van der Waals surface area (Å²) >= 11 is 6.39. The summed E-state index contributed by atoms with van der Waals surface area (Å²) in [5, 5.41) is 8.08. The molecule has 0 bridgehead atoms. The van der Waals surface area contributed by atoms with Crippen molar-refractivity contribution in [1.82, 2.24) is 19.9 Å². The van der Waals surface area contributed by atoms with Crippen molar-refractivity contribution in [3.8, 4) is 11.5 Å². The number of rotatable bonds is 5. The Kier molecular flexibility index (Phi) is 5.54. The standard InChI is InChI=1S/C23H25ClN6O4/c24-15-12-25-20-17(15)21(26-13-2-1-3-13)29-23(28-20)27-16-5-4-14(18-19(16)34-11-10-33-18)22(31)30-6-8-32-9-7-30/h4-5,12-13H,1-3,6-11H2,(H3,25,26,27,28,29). The molecule has 178 valence electrons. The van der Waals surface area contributed by atoms with E-state index in [4.69, 9.17) is 30.8 Å². The number of fused-ring (bicyclic) bond motifs is 2. The van der Waals surface area contributed by atoms with Crippen LogP contribution in [0.2, 0.25) is 5.02 Å². The minimum atomic E-state index is -0.0951. The molecule has 3 N–H and O–H groups in total. The quantitative estimate of drug-likeness (QED) is 0.503. The topological polar surface area (TPSA) is 114 Å². The molecule has 3 aliphatic rings. The number of aromatic amines is 1. The minimum absolute atomic E-state index is 0.0951. The van der Waals surface area contributed by atoms with Gasteiger partial charge in [-0.2, -0.15) is 9.97 Å². The molecule has 2 fully saturated rings. The fourth-order valence-electron chi connectivity index (χ4n) is 4.36. The van der Waals surface area contributed by atoms with Gasteiger partial charge in [0, 0.05) is 25.3 Å². The third-order valence-electron chi connectivity index (χ3n) is 6.39. The van der Waals surface area contributed by atoms with Crippen molar-refractivity contribution in [3.05, 3.63) is 28.9 Å². The molecule has 0 spiro atoms. The van der Waals surface area contributed by atoms with Crippen molar-refractivity contribution >= 4 is 46.0 Å². The molecule has 1 aliphatic carbocycles. The van der Waals surface area contributed by atoms with Crippen LogP contribution in [-0.4, -0.2) is 71.3 Å². The molecule has 0 atom stereocenters. The summed E-state index contributed by atoms with van der Waals surface area (Å²) in [4.78, 5) is 27.3. The fourth-order valence-corrected chi connectivity index (χ4v) is 4.60. The van der Waals surface area contributed by atoms with Gasteiger partial charge in [0.2, 0.25) is 5.95 Å². The number of anilines is 3. The number of carbonyl (C=O) groups excluding carboxylic acids is 1. The first-order chi connectivity index (χ1) is 16.7. The van der Waals surface area contributed by atoms with Crippen LogP contribution in [0.3, 0.4) is 0 Å². The minimum Gasteiger partial charge on any atom is -0.485 e. The maximum absolute atomic E-state index is 13.1. The summed E-state index contributed by atoms with van der Waals surface area (Å²) in [7, 11) is 0. The van der Waals surface area contributed by atoms with Crippen LogP contribution in [0.1, 0.15) is 29.6 Å². The van der Waals surface area contributed by atoms with Gasteiger partial charge in [-0.05, 0) is 31.4 Å². The predicted molar refractivity (Wildman–Crippen MR) is 128 cm³/mol. The fraction of sp³-hybridized carbons (Fsp3) is 0.435. The highest BCUT2D eigenvalue weighted by Crippen LogP contribution is 2.42. The van der Waals surface area contributed by atoms with Gasteiger partial charge in [0.05, 0.1) is 34.9 Å². The highest BCUT2D eigenvalue weighted by molar-refractivity contribution is 6.36. The van der Waals surface area contributed by atoms with Gasteiger partial charge in [-0.3, -0.25) is 4.79 Å². The van der Waals surface area contributed by atoms with E-state index in [0.717, 1.165) is 18.2 Å². The molecule has 2 aliphatic heterocycles. The van der Waals surface area contributed by atoms with Crippen molar-refractivity contribution < 1.29 is 19.0 Å². The maximum atomic E-state index is 13.1. The van der Waals surface area contributed by atoms with Gasteiger partial charge < -0.3 is 34.7 Å². The first kappa shape index (κ1) is 21.3. The van der Waals surface area contributed by atoms with Crippen LogP contribution in [0.4, 0.5) is 17.5 Å². The van der Waals surface area contributed by atoms with Crippen LogP contribution in [0.15, 0.2) is 18.3 Å². The van der Waals surface area contributed by atoms with E-state index >= 15 is 0 Å². The van der Waals surface area contributed by atoms with E-state index in [-0.39, 0.29) is 5.91 Å². The molecule has 1 saturated carbocycles. The van der Waals surface area contributed by atoms with Crippen LogP contribution in [0.25, 0.3) is 11.0 Å². The zero-order valence-electron chi connectivity index (χ0n) is 18.5. The lowest BCUT2D eigenvalue weighted by atomic mass is 9.93. The normalized spacial score (nSPS) is 18.0. The molecule has 34 heavy (non-hydrogen) atoms. The summed E-state index contributed by atoms with van der Waals surface area (Å²) in [6.07, 6.45) is 5.12. The van der Waals surface area contributed by atoms with Gasteiger partial charge in [0.25, 0.3) is 5.91 Å². The molecule has 2 aromatic heterocycles. The Hall–Kier alpha value is -3.24. The summed E-state index contributed by atoms with van der Waals surface area (Å²) in [6, 6.07) is 3.94. The Morgan fingerprint density at radius 1 is 1.09 bits per heavy atom. The summed E-state index contributed by atoms with van der Waals surface area (Å²) in [5.74, 6) is 1.89. The highest BCUT2D eigenvalue weighted by Gasteiger charge is 2.28. The first-order valence-corrected chi connectivity index (χ1v) is 11.9. The third-order valence-corrected chi connectivity index (χ3v) is 6.69. The number of halogens is 1. The summed E-state index contributed by atoms with van der Waals surface area (Å²) in [5.41, 5.74) is 1.73. The van der Waals surface area contributed by atoms with E-state index in [1.54, 1.807) is 23.2 Å². The number of morpholine rings is 1.